The lowest BCUT2D eigenvalue weighted by Crippen LogP contribution is -2.55. The number of carbonyl (C=O) groups excluding carboxylic acids is 5. The quantitative estimate of drug-likeness (QED) is 0.209. The maximum Gasteiger partial charge on any atom is 0.248 e. The van der Waals surface area contributed by atoms with Crippen LogP contribution in [0.4, 0.5) is 0 Å². The van der Waals surface area contributed by atoms with Gasteiger partial charge in [-0.1, -0.05) is 71.9 Å². The topological polar surface area (TPSA) is 154 Å². The number of amides is 5. The van der Waals surface area contributed by atoms with Gasteiger partial charge >= 0.3 is 0 Å². The van der Waals surface area contributed by atoms with Crippen molar-refractivity contribution in [3.05, 3.63) is 35.9 Å². The zero-order chi connectivity index (χ0) is 30.4. The smallest absolute Gasteiger partial charge is 0.248 e. The van der Waals surface area contributed by atoms with Crippen LogP contribution in [0.3, 0.4) is 0 Å². The third kappa shape index (κ3) is 13.7. The average molecular weight is 561 g/mol. The zero-order valence-corrected chi connectivity index (χ0v) is 25.0. The predicted molar refractivity (Wildman–Crippen MR) is 154 cm³/mol. The van der Waals surface area contributed by atoms with Crippen molar-refractivity contribution in [1.82, 2.24) is 21.3 Å². The molecule has 4 atom stereocenters. The lowest BCUT2D eigenvalue weighted by atomic mass is 9.96. The van der Waals surface area contributed by atoms with Crippen LogP contribution in [0.2, 0.25) is 0 Å². The molecular weight excluding hydrogens is 512 g/mol. The molecule has 40 heavy (non-hydrogen) atoms. The Morgan fingerprint density at radius 2 is 1.32 bits per heavy atom. The van der Waals surface area contributed by atoms with E-state index in [2.05, 4.69) is 21.3 Å². The van der Waals surface area contributed by atoms with Crippen molar-refractivity contribution in [2.24, 2.45) is 17.8 Å². The molecule has 224 valence electrons. The summed E-state index contributed by atoms with van der Waals surface area (Å²) in [7, 11) is 0. The van der Waals surface area contributed by atoms with E-state index in [0.29, 0.717) is 12.3 Å². The first-order valence-electron chi connectivity index (χ1n) is 14.1. The molecule has 0 radical (unpaired) electrons. The summed E-state index contributed by atoms with van der Waals surface area (Å²) in [6.07, 6.45) is -0.304. The Morgan fingerprint density at radius 1 is 0.725 bits per heavy atom. The van der Waals surface area contributed by atoms with Crippen LogP contribution in [-0.4, -0.2) is 58.9 Å². The van der Waals surface area contributed by atoms with Gasteiger partial charge < -0.3 is 21.1 Å². The largest absolute Gasteiger partial charge is 0.390 e. The molecule has 1 aromatic carbocycles. The highest BCUT2D eigenvalue weighted by Crippen LogP contribution is 2.12. The fourth-order valence-electron chi connectivity index (χ4n) is 3.99. The van der Waals surface area contributed by atoms with Crippen molar-refractivity contribution < 1.29 is 29.1 Å². The van der Waals surface area contributed by atoms with Crippen LogP contribution in [0.15, 0.2) is 30.3 Å². The van der Waals surface area contributed by atoms with E-state index >= 15 is 0 Å². The fourth-order valence-corrected chi connectivity index (χ4v) is 3.99. The molecule has 0 aliphatic carbocycles. The van der Waals surface area contributed by atoms with E-state index in [4.69, 9.17) is 0 Å². The first kappa shape index (κ1) is 34.8. The second-order valence-electron chi connectivity index (χ2n) is 11.6. The van der Waals surface area contributed by atoms with Crippen molar-refractivity contribution in [3.8, 4) is 0 Å². The molecule has 0 fully saturated rings. The van der Waals surface area contributed by atoms with Crippen molar-refractivity contribution in [2.75, 3.05) is 0 Å². The van der Waals surface area contributed by atoms with Gasteiger partial charge in [0.25, 0.3) is 0 Å². The summed E-state index contributed by atoms with van der Waals surface area (Å²) in [6.45, 7) is 12.9. The Morgan fingerprint density at radius 3 is 1.88 bits per heavy atom. The van der Waals surface area contributed by atoms with Crippen LogP contribution in [-0.2, 0) is 30.4 Å². The minimum absolute atomic E-state index is 0.129. The number of benzene rings is 1. The minimum Gasteiger partial charge on any atom is -0.390 e. The Balaban J connectivity index is 2.90. The Hall–Kier alpha value is -3.27. The normalized spacial score (nSPS) is 14.3. The number of aliphatic hydroxyl groups is 1. The molecule has 0 bridgehead atoms. The molecule has 5 N–H and O–H groups in total. The van der Waals surface area contributed by atoms with E-state index in [1.807, 2.05) is 71.9 Å². The van der Waals surface area contributed by atoms with Crippen LogP contribution < -0.4 is 21.3 Å². The highest BCUT2D eigenvalue weighted by molar-refractivity contribution is 5.99. The molecule has 1 unspecified atom stereocenters. The van der Waals surface area contributed by atoms with E-state index in [1.165, 1.54) is 6.92 Å². The third-order valence-corrected chi connectivity index (χ3v) is 6.33. The fraction of sp³-hybridized carbons (Fsp3) is 0.633. The minimum atomic E-state index is -1.29. The summed E-state index contributed by atoms with van der Waals surface area (Å²) in [5, 5.41) is 21.4. The number of hydrogen-bond acceptors (Lipinski definition) is 6. The van der Waals surface area contributed by atoms with E-state index in [9.17, 15) is 29.1 Å². The van der Waals surface area contributed by atoms with Gasteiger partial charge in [-0.15, -0.1) is 0 Å². The number of rotatable bonds is 16. The first-order chi connectivity index (χ1) is 18.7. The zero-order valence-electron chi connectivity index (χ0n) is 25.0. The summed E-state index contributed by atoms with van der Waals surface area (Å²) >= 11 is 0. The molecule has 0 saturated heterocycles. The third-order valence-electron chi connectivity index (χ3n) is 6.33. The summed E-state index contributed by atoms with van der Waals surface area (Å²) in [6, 6.07) is 6.55. The second-order valence-corrected chi connectivity index (χ2v) is 11.6. The number of imide groups is 1. The Kier molecular flexibility index (Phi) is 15.1. The van der Waals surface area contributed by atoms with Gasteiger partial charge in [-0.25, -0.2) is 0 Å². The highest BCUT2D eigenvalue weighted by Gasteiger charge is 2.30. The summed E-state index contributed by atoms with van der Waals surface area (Å²) in [5.74, 6) is -2.12. The molecule has 0 spiro atoms. The van der Waals surface area contributed by atoms with Gasteiger partial charge in [-0.05, 0) is 43.1 Å². The van der Waals surface area contributed by atoms with Gasteiger partial charge in [-0.2, -0.15) is 0 Å². The highest BCUT2D eigenvalue weighted by atomic mass is 16.3. The van der Waals surface area contributed by atoms with Gasteiger partial charge in [-0.3, -0.25) is 29.3 Å². The Labute approximate surface area is 238 Å². The van der Waals surface area contributed by atoms with Crippen molar-refractivity contribution in [1.29, 1.82) is 0 Å². The van der Waals surface area contributed by atoms with E-state index in [-0.39, 0.29) is 43.4 Å². The molecule has 0 saturated carbocycles. The molecule has 5 amide bonds. The molecule has 0 heterocycles. The van der Waals surface area contributed by atoms with Crippen LogP contribution in [0.5, 0.6) is 0 Å². The van der Waals surface area contributed by atoms with Crippen molar-refractivity contribution in [2.45, 2.75) is 105 Å². The lowest BCUT2D eigenvalue weighted by Gasteiger charge is -2.29. The van der Waals surface area contributed by atoms with Crippen molar-refractivity contribution >= 4 is 29.5 Å². The average Bonchev–Trinajstić information content (AvgIpc) is 2.85. The number of carbonyl (C=O) groups is 5. The number of nitrogens with one attached hydrogen (secondary N) is 4. The van der Waals surface area contributed by atoms with E-state index in [0.717, 1.165) is 5.56 Å². The molecule has 1 rings (SSSR count). The second kappa shape index (κ2) is 17.4. The molecule has 1 aromatic rings. The SMILES string of the molecule is CC(C)CCC(=O)NC(=O)[C@H](C)NC(=O)CC(O)[C@@H](Cc1ccccc1)NC(=O)[C@H](NC(=O)CC(C)C)C(C)C. The molecule has 10 heteroatoms. The maximum atomic E-state index is 13.2. The van der Waals surface area contributed by atoms with Gasteiger partial charge in [0, 0.05) is 12.8 Å². The molecule has 0 aliphatic heterocycles. The monoisotopic (exact) mass is 560 g/mol. The van der Waals surface area contributed by atoms with Crippen LogP contribution >= 0.6 is 0 Å². The molecule has 0 aliphatic rings. The van der Waals surface area contributed by atoms with Gasteiger partial charge in [0.2, 0.25) is 29.5 Å². The molecule has 0 aromatic heterocycles. The first-order valence-corrected chi connectivity index (χ1v) is 14.1. The number of aliphatic hydroxyl groups excluding tert-OH is 1. The van der Waals surface area contributed by atoms with Gasteiger partial charge in [0.05, 0.1) is 18.6 Å². The summed E-state index contributed by atoms with van der Waals surface area (Å²) < 4.78 is 0. The van der Waals surface area contributed by atoms with Crippen LogP contribution in [0.1, 0.15) is 79.7 Å². The standard InChI is InChI=1S/C30H48N4O6/c1-18(2)13-14-25(36)34-29(39)21(7)31-27(38)17-24(35)23(16-22-11-9-8-10-12-22)32-30(40)28(20(5)6)33-26(37)15-19(3)4/h8-12,18-21,23-24,28,35H,13-17H2,1-7H3,(H,31,38)(H,32,40)(H,33,37)(H,34,36,39)/t21-,23+,24?,28+/m0/s1. The predicted octanol–water partition coefficient (Wildman–Crippen LogP) is 2.24. The Bertz CT molecular complexity index is 980. The van der Waals surface area contributed by atoms with E-state index in [1.54, 1.807) is 0 Å². The van der Waals surface area contributed by atoms with Gasteiger partial charge in [0.1, 0.15) is 12.1 Å². The lowest BCUT2D eigenvalue weighted by molar-refractivity contribution is -0.134. The molecular formula is C30H48N4O6. The summed E-state index contributed by atoms with van der Waals surface area (Å²) in [5.41, 5.74) is 0.838. The maximum absolute atomic E-state index is 13.2. The van der Waals surface area contributed by atoms with E-state index < -0.39 is 47.9 Å². The number of hydrogen-bond donors (Lipinski definition) is 5. The molecule has 10 nitrogen and oxygen atoms in total. The van der Waals surface area contributed by atoms with Crippen LogP contribution in [0, 0.1) is 17.8 Å². The van der Waals surface area contributed by atoms with Crippen molar-refractivity contribution in [3.63, 3.8) is 0 Å². The summed E-state index contributed by atoms with van der Waals surface area (Å²) in [4.78, 5) is 62.6. The van der Waals surface area contributed by atoms with Crippen LogP contribution in [0.25, 0.3) is 0 Å². The van der Waals surface area contributed by atoms with Gasteiger partial charge in [0.15, 0.2) is 0 Å².